The number of hydrogen-bond donors (Lipinski definition) is 1. The van der Waals surface area contributed by atoms with Crippen molar-refractivity contribution in [2.45, 2.75) is 45.1 Å². The Bertz CT molecular complexity index is 398. The highest BCUT2D eigenvalue weighted by Crippen LogP contribution is 2.64. The van der Waals surface area contributed by atoms with E-state index in [9.17, 15) is 31.1 Å². The minimum atomic E-state index is -5.87. The fourth-order valence-corrected chi connectivity index (χ4v) is 2.54. The van der Waals surface area contributed by atoms with Gasteiger partial charge in [-0.15, -0.1) is 0 Å². The zero-order chi connectivity index (χ0) is 16.9. The molecule has 0 aromatic carbocycles. The predicted octanol–water partition coefficient (Wildman–Crippen LogP) is 3.07. The van der Waals surface area contributed by atoms with Gasteiger partial charge in [0.2, 0.25) is 0 Å². The van der Waals surface area contributed by atoms with Crippen LogP contribution in [0.4, 0.5) is 26.3 Å². The molecule has 1 fully saturated rings. The third-order valence-electron chi connectivity index (χ3n) is 4.04. The van der Waals surface area contributed by atoms with Gasteiger partial charge in [0.05, 0.1) is 12.5 Å². The third kappa shape index (κ3) is 2.97. The Morgan fingerprint density at radius 2 is 1.57 bits per heavy atom. The normalized spacial score (nSPS) is 25.6. The average Bonchev–Trinajstić information content (AvgIpc) is 2.77. The van der Waals surface area contributed by atoms with Crippen LogP contribution in [-0.2, 0) is 9.53 Å². The largest absolute Gasteiger partial charge is 0.466 e. The van der Waals surface area contributed by atoms with E-state index in [1.165, 1.54) is 20.8 Å². The first-order valence-electron chi connectivity index (χ1n) is 6.22. The van der Waals surface area contributed by atoms with Crippen LogP contribution in [0.25, 0.3) is 0 Å². The molecule has 1 saturated carbocycles. The van der Waals surface area contributed by atoms with E-state index in [-0.39, 0.29) is 6.61 Å². The zero-order valence-corrected chi connectivity index (χ0v) is 11.6. The van der Waals surface area contributed by atoms with E-state index in [0.29, 0.717) is 0 Å². The first-order chi connectivity index (χ1) is 9.20. The molecule has 0 amide bonds. The van der Waals surface area contributed by atoms with Crippen LogP contribution in [0.1, 0.15) is 27.2 Å². The molecule has 124 valence electrons. The van der Waals surface area contributed by atoms with E-state index in [4.69, 9.17) is 5.11 Å². The second kappa shape index (κ2) is 5.03. The number of esters is 1. The van der Waals surface area contributed by atoms with Gasteiger partial charge in [-0.1, -0.05) is 13.8 Å². The number of carbonyl (C=O) groups excluding carboxylic acids is 1. The van der Waals surface area contributed by atoms with Crippen molar-refractivity contribution in [3.63, 3.8) is 0 Å². The molecule has 3 nitrogen and oxygen atoms in total. The summed E-state index contributed by atoms with van der Waals surface area (Å²) >= 11 is 0. The highest BCUT2D eigenvalue weighted by atomic mass is 19.4. The smallest absolute Gasteiger partial charge is 0.426 e. The Labute approximate surface area is 117 Å². The van der Waals surface area contributed by atoms with Crippen molar-refractivity contribution in [2.24, 2.45) is 17.3 Å². The van der Waals surface area contributed by atoms with Gasteiger partial charge in [0, 0.05) is 0 Å². The highest BCUT2D eigenvalue weighted by molar-refractivity contribution is 5.77. The van der Waals surface area contributed by atoms with E-state index in [0.717, 1.165) is 0 Å². The van der Waals surface area contributed by atoms with Crippen molar-refractivity contribution in [1.82, 2.24) is 0 Å². The molecule has 0 aromatic rings. The summed E-state index contributed by atoms with van der Waals surface area (Å²) in [5, 5.41) is 9.15. The first-order valence-corrected chi connectivity index (χ1v) is 6.22. The van der Waals surface area contributed by atoms with Crippen LogP contribution in [0.15, 0.2) is 0 Å². The van der Waals surface area contributed by atoms with Crippen LogP contribution in [0.2, 0.25) is 0 Å². The Hall–Kier alpha value is -0.990. The maximum absolute atomic E-state index is 12.6. The van der Waals surface area contributed by atoms with Gasteiger partial charge >= 0.3 is 18.3 Å². The minimum absolute atomic E-state index is 0.0268. The van der Waals surface area contributed by atoms with Gasteiger partial charge in [-0.25, -0.2) is 0 Å². The summed E-state index contributed by atoms with van der Waals surface area (Å²) in [6, 6.07) is 0. The number of aliphatic hydroxyl groups is 1. The molecule has 0 heterocycles. The standard InChI is InChI=1S/C12H16F6O3/c1-4-21-8(19)7-6(9(7,2)3)5-10(20,11(13,14)15)12(16,17)18/h6-7,20H,4-5H2,1-3H3/t6-,7+/m0/s1. The lowest BCUT2D eigenvalue weighted by molar-refractivity contribution is -0.371. The molecule has 1 N–H and O–H groups in total. The molecule has 0 radical (unpaired) electrons. The van der Waals surface area contributed by atoms with Crippen molar-refractivity contribution in [2.75, 3.05) is 6.61 Å². The highest BCUT2D eigenvalue weighted by Gasteiger charge is 2.75. The molecule has 2 atom stereocenters. The molecule has 21 heavy (non-hydrogen) atoms. The van der Waals surface area contributed by atoms with Crippen LogP contribution in [-0.4, -0.2) is 35.6 Å². The molecule has 1 rings (SSSR count). The van der Waals surface area contributed by atoms with Gasteiger partial charge in [-0.2, -0.15) is 26.3 Å². The van der Waals surface area contributed by atoms with Gasteiger partial charge in [0.1, 0.15) is 0 Å². The molecule has 0 aliphatic heterocycles. The summed E-state index contributed by atoms with van der Waals surface area (Å²) in [4.78, 5) is 11.6. The maximum atomic E-state index is 12.6. The fraction of sp³-hybridized carbons (Fsp3) is 0.917. The molecular weight excluding hydrogens is 306 g/mol. The monoisotopic (exact) mass is 322 g/mol. The van der Waals surface area contributed by atoms with Crippen LogP contribution in [0.3, 0.4) is 0 Å². The number of ether oxygens (including phenoxy) is 1. The maximum Gasteiger partial charge on any atom is 0.426 e. The van der Waals surface area contributed by atoms with Crippen LogP contribution < -0.4 is 0 Å². The van der Waals surface area contributed by atoms with Gasteiger partial charge in [0.15, 0.2) is 0 Å². The number of hydrogen-bond acceptors (Lipinski definition) is 3. The van der Waals surface area contributed by atoms with Crippen molar-refractivity contribution >= 4 is 5.97 Å². The van der Waals surface area contributed by atoms with Crippen molar-refractivity contribution in [3.05, 3.63) is 0 Å². The lowest BCUT2D eigenvalue weighted by Crippen LogP contribution is -2.57. The molecule has 0 spiro atoms. The van der Waals surface area contributed by atoms with E-state index in [1.807, 2.05) is 0 Å². The Morgan fingerprint density at radius 3 is 1.90 bits per heavy atom. The first kappa shape index (κ1) is 18.1. The van der Waals surface area contributed by atoms with E-state index >= 15 is 0 Å². The minimum Gasteiger partial charge on any atom is -0.466 e. The predicted molar refractivity (Wildman–Crippen MR) is 59.1 cm³/mol. The Morgan fingerprint density at radius 1 is 1.14 bits per heavy atom. The number of alkyl halides is 6. The number of halogens is 6. The summed E-state index contributed by atoms with van der Waals surface area (Å²) in [7, 11) is 0. The second-order valence-electron chi connectivity index (χ2n) is 5.72. The SMILES string of the molecule is CCOC(=O)[C@H]1[C@H](CC(O)(C(F)(F)F)C(F)(F)F)C1(C)C. The lowest BCUT2D eigenvalue weighted by atomic mass is 9.92. The Balaban J connectivity index is 3.00. The summed E-state index contributed by atoms with van der Waals surface area (Å²) in [5.74, 6) is -3.20. The number of carbonyl (C=O) groups is 1. The van der Waals surface area contributed by atoms with Gasteiger partial charge in [-0.3, -0.25) is 4.79 Å². The van der Waals surface area contributed by atoms with Gasteiger partial charge < -0.3 is 9.84 Å². The zero-order valence-electron chi connectivity index (χ0n) is 11.6. The molecule has 0 unspecified atom stereocenters. The topological polar surface area (TPSA) is 46.5 Å². The summed E-state index contributed by atoms with van der Waals surface area (Å²) in [6.07, 6.45) is -13.4. The van der Waals surface area contributed by atoms with E-state index < -0.39 is 47.6 Å². The van der Waals surface area contributed by atoms with Crippen LogP contribution in [0, 0.1) is 17.3 Å². The van der Waals surface area contributed by atoms with Crippen molar-refractivity contribution in [1.29, 1.82) is 0 Å². The average molecular weight is 322 g/mol. The van der Waals surface area contributed by atoms with Gasteiger partial charge in [0.25, 0.3) is 5.60 Å². The fourth-order valence-electron chi connectivity index (χ4n) is 2.54. The van der Waals surface area contributed by atoms with E-state index in [2.05, 4.69) is 4.74 Å². The molecular formula is C12H16F6O3. The Kier molecular flexibility index (Phi) is 4.33. The van der Waals surface area contributed by atoms with Gasteiger partial charge in [-0.05, 0) is 24.7 Å². The number of rotatable bonds is 4. The van der Waals surface area contributed by atoms with E-state index in [1.54, 1.807) is 0 Å². The molecule has 1 aliphatic rings. The van der Waals surface area contributed by atoms with Crippen LogP contribution >= 0.6 is 0 Å². The molecule has 9 heteroatoms. The quantitative estimate of drug-likeness (QED) is 0.639. The molecule has 0 aromatic heterocycles. The van der Waals surface area contributed by atoms with Crippen molar-refractivity contribution in [3.8, 4) is 0 Å². The summed E-state index contributed by atoms with van der Waals surface area (Å²) < 4.78 is 80.4. The third-order valence-corrected chi connectivity index (χ3v) is 4.04. The molecule has 0 saturated heterocycles. The van der Waals surface area contributed by atoms with Crippen molar-refractivity contribution < 1.29 is 41.0 Å². The van der Waals surface area contributed by atoms with Crippen LogP contribution in [0.5, 0.6) is 0 Å². The second-order valence-corrected chi connectivity index (χ2v) is 5.72. The molecule has 0 bridgehead atoms. The summed E-state index contributed by atoms with van der Waals surface area (Å²) in [6.45, 7) is 4.18. The molecule has 1 aliphatic carbocycles. The lowest BCUT2D eigenvalue weighted by Gasteiger charge is -2.32. The summed E-state index contributed by atoms with van der Waals surface area (Å²) in [5.41, 5.74) is -5.92.